The fourth-order valence-corrected chi connectivity index (χ4v) is 3.94. The van der Waals surface area contributed by atoms with Crippen LogP contribution >= 0.6 is 0 Å². The third kappa shape index (κ3) is 2.55. The predicted octanol–water partition coefficient (Wildman–Crippen LogP) is 4.93. The molecule has 1 atom stereocenters. The van der Waals surface area contributed by atoms with Gasteiger partial charge >= 0.3 is 0 Å². The van der Waals surface area contributed by atoms with Crippen LogP contribution in [0, 0.1) is 0 Å². The smallest absolute Gasteiger partial charge is 0.0133 e. The minimum absolute atomic E-state index is 0.672. The van der Waals surface area contributed by atoms with E-state index in [0.29, 0.717) is 6.04 Å². The van der Waals surface area contributed by atoms with E-state index >= 15 is 0 Å². The summed E-state index contributed by atoms with van der Waals surface area (Å²) in [6, 6.07) is 22.9. The summed E-state index contributed by atoms with van der Waals surface area (Å²) in [5.41, 5.74) is 5.89. The predicted molar refractivity (Wildman–Crippen MR) is 98.9 cm³/mol. The lowest BCUT2D eigenvalue weighted by Gasteiger charge is -2.31. The van der Waals surface area contributed by atoms with Gasteiger partial charge < -0.3 is 4.90 Å². The van der Waals surface area contributed by atoms with Crippen molar-refractivity contribution in [1.29, 1.82) is 0 Å². The fourth-order valence-electron chi connectivity index (χ4n) is 3.94. The average Bonchev–Trinajstić information content (AvgIpc) is 2.60. The second-order valence-electron chi connectivity index (χ2n) is 6.83. The van der Waals surface area contributed by atoms with Gasteiger partial charge in [-0.3, -0.25) is 0 Å². The standard InChI is InChI=1S/C22H23N/c1-23(2)18-13-14-20-17(15-18)9-6-12-22(20)21-11-5-8-16-7-3-4-10-19(16)21/h3-12,18H,13-15H2,1-2H3/t18-/m0/s1. The number of hydrogen-bond donors (Lipinski definition) is 0. The molecule has 0 aliphatic heterocycles. The summed E-state index contributed by atoms with van der Waals surface area (Å²) in [5.74, 6) is 0. The Hall–Kier alpha value is -2.12. The highest BCUT2D eigenvalue weighted by Gasteiger charge is 2.22. The zero-order valence-corrected chi connectivity index (χ0v) is 13.9. The van der Waals surface area contributed by atoms with E-state index in [1.165, 1.54) is 46.7 Å². The molecule has 0 saturated carbocycles. The number of likely N-dealkylation sites (N-methyl/N-ethyl adjacent to an activating group) is 1. The van der Waals surface area contributed by atoms with Crippen LogP contribution in [0.5, 0.6) is 0 Å². The van der Waals surface area contributed by atoms with Crippen molar-refractivity contribution in [3.63, 3.8) is 0 Å². The van der Waals surface area contributed by atoms with Crippen LogP contribution in [0.15, 0.2) is 60.7 Å². The fraction of sp³-hybridized carbons (Fsp3) is 0.273. The Labute approximate surface area is 138 Å². The van der Waals surface area contributed by atoms with Crippen molar-refractivity contribution >= 4 is 10.8 Å². The van der Waals surface area contributed by atoms with Crippen molar-refractivity contribution < 1.29 is 0 Å². The molecule has 0 saturated heterocycles. The normalized spacial score (nSPS) is 17.4. The molecule has 0 spiro atoms. The monoisotopic (exact) mass is 301 g/mol. The summed E-state index contributed by atoms with van der Waals surface area (Å²) in [4.78, 5) is 2.37. The second-order valence-corrected chi connectivity index (χ2v) is 6.83. The number of benzene rings is 3. The second kappa shape index (κ2) is 5.82. The minimum atomic E-state index is 0.672. The lowest BCUT2D eigenvalue weighted by atomic mass is 9.82. The first-order valence-electron chi connectivity index (χ1n) is 8.49. The van der Waals surface area contributed by atoms with Gasteiger partial charge in [-0.1, -0.05) is 60.7 Å². The van der Waals surface area contributed by atoms with Crippen molar-refractivity contribution in [2.75, 3.05) is 14.1 Å². The Kier molecular flexibility index (Phi) is 3.66. The highest BCUT2D eigenvalue weighted by Crippen LogP contribution is 2.36. The van der Waals surface area contributed by atoms with Gasteiger partial charge in [-0.05, 0) is 66.4 Å². The van der Waals surface area contributed by atoms with E-state index in [1.54, 1.807) is 5.56 Å². The van der Waals surface area contributed by atoms with Crippen molar-refractivity contribution in [1.82, 2.24) is 4.90 Å². The lowest BCUT2D eigenvalue weighted by molar-refractivity contribution is 0.268. The van der Waals surface area contributed by atoms with E-state index in [4.69, 9.17) is 0 Å². The topological polar surface area (TPSA) is 3.24 Å². The van der Waals surface area contributed by atoms with Crippen molar-refractivity contribution in [3.8, 4) is 11.1 Å². The molecular weight excluding hydrogens is 278 g/mol. The van der Waals surface area contributed by atoms with Crippen LogP contribution in [0.4, 0.5) is 0 Å². The van der Waals surface area contributed by atoms with Gasteiger partial charge in [0.15, 0.2) is 0 Å². The lowest BCUT2D eigenvalue weighted by Crippen LogP contribution is -2.33. The molecule has 3 aromatic rings. The van der Waals surface area contributed by atoms with Gasteiger partial charge in [0, 0.05) is 6.04 Å². The van der Waals surface area contributed by atoms with Crippen LogP contribution in [0.3, 0.4) is 0 Å². The van der Waals surface area contributed by atoms with E-state index in [2.05, 4.69) is 79.7 Å². The van der Waals surface area contributed by atoms with Crippen molar-refractivity contribution in [2.45, 2.75) is 25.3 Å². The van der Waals surface area contributed by atoms with Gasteiger partial charge in [-0.2, -0.15) is 0 Å². The van der Waals surface area contributed by atoms with Crippen LogP contribution in [0.2, 0.25) is 0 Å². The van der Waals surface area contributed by atoms with Gasteiger partial charge in [0.2, 0.25) is 0 Å². The number of fused-ring (bicyclic) bond motifs is 2. The van der Waals surface area contributed by atoms with Crippen LogP contribution in [0.1, 0.15) is 17.5 Å². The van der Waals surface area contributed by atoms with Gasteiger partial charge in [-0.15, -0.1) is 0 Å². The quantitative estimate of drug-likeness (QED) is 0.649. The van der Waals surface area contributed by atoms with Crippen LogP contribution in [-0.2, 0) is 12.8 Å². The molecule has 0 unspecified atom stereocenters. The first-order valence-corrected chi connectivity index (χ1v) is 8.49. The zero-order chi connectivity index (χ0) is 15.8. The Morgan fingerprint density at radius 2 is 1.57 bits per heavy atom. The summed E-state index contributed by atoms with van der Waals surface area (Å²) < 4.78 is 0. The van der Waals surface area contributed by atoms with Crippen molar-refractivity contribution in [2.24, 2.45) is 0 Å². The van der Waals surface area contributed by atoms with Gasteiger partial charge in [0.1, 0.15) is 0 Å². The Balaban J connectivity index is 1.86. The summed E-state index contributed by atoms with van der Waals surface area (Å²) in [6.45, 7) is 0. The number of rotatable bonds is 2. The molecular formula is C22H23N. The maximum absolute atomic E-state index is 2.37. The molecule has 116 valence electrons. The zero-order valence-electron chi connectivity index (χ0n) is 13.9. The van der Waals surface area contributed by atoms with Crippen LogP contribution in [0.25, 0.3) is 21.9 Å². The molecule has 1 aliphatic carbocycles. The van der Waals surface area contributed by atoms with Crippen molar-refractivity contribution in [3.05, 3.63) is 71.8 Å². The molecule has 0 N–H and O–H groups in total. The molecule has 0 radical (unpaired) electrons. The van der Waals surface area contributed by atoms with E-state index in [-0.39, 0.29) is 0 Å². The number of nitrogens with zero attached hydrogens (tertiary/aromatic N) is 1. The molecule has 1 nitrogen and oxygen atoms in total. The highest BCUT2D eigenvalue weighted by molar-refractivity contribution is 5.97. The molecule has 0 heterocycles. The van der Waals surface area contributed by atoms with Crippen LogP contribution < -0.4 is 0 Å². The Morgan fingerprint density at radius 1 is 0.826 bits per heavy atom. The molecule has 1 heteroatoms. The molecule has 23 heavy (non-hydrogen) atoms. The average molecular weight is 301 g/mol. The molecule has 3 aromatic carbocycles. The summed E-state index contributed by atoms with van der Waals surface area (Å²) in [7, 11) is 4.40. The molecule has 0 bridgehead atoms. The summed E-state index contributed by atoms with van der Waals surface area (Å²) in [6.07, 6.45) is 3.60. The molecule has 0 fully saturated rings. The van der Waals surface area contributed by atoms with E-state index in [1.807, 2.05) is 0 Å². The molecule has 4 rings (SSSR count). The van der Waals surface area contributed by atoms with Crippen LogP contribution in [-0.4, -0.2) is 25.0 Å². The van der Waals surface area contributed by atoms with E-state index in [9.17, 15) is 0 Å². The molecule has 0 aromatic heterocycles. The minimum Gasteiger partial charge on any atom is -0.306 e. The summed E-state index contributed by atoms with van der Waals surface area (Å²) >= 11 is 0. The van der Waals surface area contributed by atoms with E-state index in [0.717, 1.165) is 0 Å². The Bertz CT molecular complexity index is 842. The molecule has 1 aliphatic rings. The third-order valence-corrected chi connectivity index (χ3v) is 5.27. The maximum Gasteiger partial charge on any atom is 0.0133 e. The maximum atomic E-state index is 2.37. The Morgan fingerprint density at radius 3 is 2.43 bits per heavy atom. The first kappa shape index (κ1) is 14.5. The van der Waals surface area contributed by atoms with Gasteiger partial charge in [-0.25, -0.2) is 0 Å². The largest absolute Gasteiger partial charge is 0.306 e. The number of hydrogen-bond acceptors (Lipinski definition) is 1. The van der Waals surface area contributed by atoms with Gasteiger partial charge in [0.25, 0.3) is 0 Å². The van der Waals surface area contributed by atoms with E-state index < -0.39 is 0 Å². The third-order valence-electron chi connectivity index (χ3n) is 5.27. The first-order chi connectivity index (χ1) is 11.2. The molecule has 0 amide bonds. The highest BCUT2D eigenvalue weighted by atomic mass is 15.1. The summed E-state index contributed by atoms with van der Waals surface area (Å²) in [5, 5.41) is 2.68. The SMILES string of the molecule is CN(C)[C@H]1CCc2c(cccc2-c2cccc3ccccc23)C1. The van der Waals surface area contributed by atoms with Gasteiger partial charge in [0.05, 0.1) is 0 Å².